The van der Waals surface area contributed by atoms with E-state index in [-0.39, 0.29) is 29.6 Å². The minimum atomic E-state index is -4.74. The molecule has 1 fully saturated rings. The number of ether oxygens (including phenoxy) is 1. The molecule has 11 heteroatoms. The summed E-state index contributed by atoms with van der Waals surface area (Å²) in [4.78, 5) is 4.20. The van der Waals surface area contributed by atoms with Crippen LogP contribution in [0.1, 0.15) is 41.5 Å². The van der Waals surface area contributed by atoms with Gasteiger partial charge < -0.3 is 14.6 Å². The van der Waals surface area contributed by atoms with Crippen LogP contribution in [0.5, 0.6) is 5.75 Å². The van der Waals surface area contributed by atoms with Gasteiger partial charge in [0.1, 0.15) is 12.4 Å². The average Bonchev–Trinajstić information content (AvgIpc) is 3.48. The molecule has 1 saturated heterocycles. The number of hydrogen-bond acceptors (Lipinski definition) is 5. The van der Waals surface area contributed by atoms with E-state index in [2.05, 4.69) is 15.5 Å². The molecule has 1 aromatic heterocycles. The molecule has 0 spiro atoms. The molecule has 1 atom stereocenters. The van der Waals surface area contributed by atoms with Crippen LogP contribution in [0.15, 0.2) is 53.1 Å². The van der Waals surface area contributed by atoms with Crippen molar-refractivity contribution in [3.63, 3.8) is 0 Å². The molecule has 2 heterocycles. The molecular weight excluding hydrogens is 464 g/mol. The highest BCUT2D eigenvalue weighted by molar-refractivity contribution is 5.59. The zero-order chi connectivity index (χ0) is 24.3. The van der Waals surface area contributed by atoms with Gasteiger partial charge in [-0.2, -0.15) is 31.3 Å². The van der Waals surface area contributed by atoms with Gasteiger partial charge >= 0.3 is 12.4 Å². The van der Waals surface area contributed by atoms with E-state index in [0.29, 0.717) is 5.89 Å². The number of benzene rings is 2. The van der Waals surface area contributed by atoms with Gasteiger partial charge in [-0.15, -0.1) is 0 Å². The van der Waals surface area contributed by atoms with Gasteiger partial charge in [-0.1, -0.05) is 29.4 Å². The lowest BCUT2D eigenvalue weighted by molar-refractivity contribution is -0.139. The first-order valence-electron chi connectivity index (χ1n) is 10.4. The number of alkyl halides is 6. The molecule has 2 aromatic carbocycles. The van der Waals surface area contributed by atoms with Crippen LogP contribution in [0.4, 0.5) is 26.3 Å². The van der Waals surface area contributed by atoms with Crippen LogP contribution in [0.3, 0.4) is 0 Å². The Bertz CT molecular complexity index is 1160. The van der Waals surface area contributed by atoms with Crippen LogP contribution in [0, 0.1) is 0 Å². The molecule has 1 aliphatic rings. The summed E-state index contributed by atoms with van der Waals surface area (Å²) in [5, 5.41) is 6.95. The average molecular weight is 483 g/mol. The quantitative estimate of drug-likeness (QED) is 0.418. The van der Waals surface area contributed by atoms with Crippen molar-refractivity contribution in [2.24, 2.45) is 0 Å². The molecule has 0 aliphatic carbocycles. The molecule has 0 bridgehead atoms. The summed E-state index contributed by atoms with van der Waals surface area (Å²) in [5.74, 6) is -0.138. The van der Waals surface area contributed by atoms with E-state index < -0.39 is 29.2 Å². The van der Waals surface area contributed by atoms with Gasteiger partial charge in [0.2, 0.25) is 11.7 Å². The predicted octanol–water partition coefficient (Wildman–Crippen LogP) is 6.29. The molecular formula is C23H19F6N3O2. The van der Waals surface area contributed by atoms with E-state index >= 15 is 0 Å². The fourth-order valence-electron chi connectivity index (χ4n) is 3.62. The normalized spacial score (nSPS) is 16.9. The van der Waals surface area contributed by atoms with Crippen molar-refractivity contribution in [3.8, 4) is 17.1 Å². The fourth-order valence-corrected chi connectivity index (χ4v) is 3.62. The molecule has 4 rings (SSSR count). The fraction of sp³-hybridized carbons (Fsp3) is 0.304. The highest BCUT2D eigenvalue weighted by Gasteiger charge is 2.35. The van der Waals surface area contributed by atoms with Gasteiger partial charge in [-0.05, 0) is 55.3 Å². The minimum absolute atomic E-state index is 0.0180. The third kappa shape index (κ3) is 5.41. The second-order valence-electron chi connectivity index (χ2n) is 7.61. The summed E-state index contributed by atoms with van der Waals surface area (Å²) in [6, 6.07) is 8.09. The Morgan fingerprint density at radius 2 is 1.79 bits per heavy atom. The molecule has 0 amide bonds. The van der Waals surface area contributed by atoms with Crippen LogP contribution >= 0.6 is 0 Å². The molecule has 180 valence electrons. The Morgan fingerprint density at radius 1 is 1.03 bits per heavy atom. The summed E-state index contributed by atoms with van der Waals surface area (Å²) < 4.78 is 90.6. The smallest absolute Gasteiger partial charge is 0.419 e. The number of nitrogens with zero attached hydrogens (tertiary/aromatic N) is 2. The van der Waals surface area contributed by atoms with Crippen molar-refractivity contribution in [2.45, 2.75) is 31.2 Å². The van der Waals surface area contributed by atoms with Gasteiger partial charge in [-0.25, -0.2) is 0 Å². The zero-order valence-electron chi connectivity index (χ0n) is 17.6. The van der Waals surface area contributed by atoms with Crippen molar-refractivity contribution in [3.05, 3.63) is 71.1 Å². The van der Waals surface area contributed by atoms with Crippen molar-refractivity contribution < 1.29 is 35.6 Å². The van der Waals surface area contributed by atoms with E-state index in [1.54, 1.807) is 0 Å². The third-order valence-corrected chi connectivity index (χ3v) is 5.24. The topological polar surface area (TPSA) is 60.2 Å². The van der Waals surface area contributed by atoms with Gasteiger partial charge in [0.25, 0.3) is 0 Å². The Kier molecular flexibility index (Phi) is 6.65. The molecule has 1 N–H and O–H groups in total. The van der Waals surface area contributed by atoms with Gasteiger partial charge in [0, 0.05) is 5.56 Å². The number of hydrogen-bond donors (Lipinski definition) is 1. The Balaban J connectivity index is 1.51. The lowest BCUT2D eigenvalue weighted by Crippen LogP contribution is -2.13. The molecule has 0 saturated carbocycles. The van der Waals surface area contributed by atoms with Crippen LogP contribution in [-0.2, 0) is 12.4 Å². The maximum absolute atomic E-state index is 13.7. The molecule has 3 aromatic rings. The summed E-state index contributed by atoms with van der Waals surface area (Å²) in [7, 11) is 0. The maximum Gasteiger partial charge on any atom is 0.419 e. The van der Waals surface area contributed by atoms with E-state index in [1.807, 2.05) is 0 Å². The van der Waals surface area contributed by atoms with E-state index in [1.165, 1.54) is 30.3 Å². The van der Waals surface area contributed by atoms with Crippen molar-refractivity contribution in [1.82, 2.24) is 15.5 Å². The monoisotopic (exact) mass is 483 g/mol. The van der Waals surface area contributed by atoms with Crippen molar-refractivity contribution in [1.29, 1.82) is 0 Å². The van der Waals surface area contributed by atoms with Gasteiger partial charge in [0.15, 0.2) is 0 Å². The molecule has 0 unspecified atom stereocenters. The highest BCUT2D eigenvalue weighted by Crippen LogP contribution is 2.39. The number of aromatic nitrogens is 2. The Hall–Kier alpha value is -3.34. The van der Waals surface area contributed by atoms with Crippen LogP contribution in [-0.4, -0.2) is 23.3 Å². The van der Waals surface area contributed by atoms with E-state index in [4.69, 9.17) is 9.26 Å². The first-order valence-corrected chi connectivity index (χ1v) is 10.4. The second-order valence-corrected chi connectivity index (χ2v) is 7.61. The van der Waals surface area contributed by atoms with Gasteiger partial charge in [0.05, 0.1) is 17.2 Å². The van der Waals surface area contributed by atoms with Crippen LogP contribution in [0.25, 0.3) is 17.5 Å². The number of nitrogens with one attached hydrogen (secondary N) is 1. The molecule has 0 radical (unpaired) electrons. The molecule has 5 nitrogen and oxygen atoms in total. The summed E-state index contributed by atoms with van der Waals surface area (Å²) in [5.41, 5.74) is -1.92. The number of halogens is 6. The maximum atomic E-state index is 13.7. The van der Waals surface area contributed by atoms with Crippen LogP contribution < -0.4 is 10.1 Å². The highest BCUT2D eigenvalue weighted by atomic mass is 19.4. The second kappa shape index (κ2) is 9.49. The Morgan fingerprint density at radius 3 is 2.50 bits per heavy atom. The molecule has 34 heavy (non-hydrogen) atoms. The SMILES string of the molecule is FC(F)(F)c1ccccc1/C=C/COc1ccc(-c2noc([C@@H]3CCCN3)n2)cc1C(F)(F)F. The minimum Gasteiger partial charge on any atom is -0.489 e. The first kappa shape index (κ1) is 23.8. The Labute approximate surface area is 190 Å². The first-order chi connectivity index (χ1) is 16.1. The lowest BCUT2D eigenvalue weighted by atomic mass is 10.1. The molecule has 1 aliphatic heterocycles. The van der Waals surface area contributed by atoms with Gasteiger partial charge in [-0.3, -0.25) is 0 Å². The zero-order valence-corrected chi connectivity index (χ0v) is 17.6. The summed E-state index contributed by atoms with van der Waals surface area (Å²) in [6.45, 7) is 0.428. The summed E-state index contributed by atoms with van der Waals surface area (Å²) in [6.07, 6.45) is -5.19. The van der Waals surface area contributed by atoms with Crippen LogP contribution in [0.2, 0.25) is 0 Å². The van der Waals surface area contributed by atoms with Crippen molar-refractivity contribution >= 4 is 6.08 Å². The standard InChI is InChI=1S/C23H19F6N3O2/c24-22(25,26)16-7-2-1-5-14(16)6-4-12-33-19-10-9-15(13-17(19)23(27,28)29)20-31-21(34-32-20)18-8-3-11-30-18/h1-2,4-7,9-10,13,18,30H,3,8,11-12H2/b6-4+/t18-/m0/s1. The number of rotatable bonds is 6. The predicted molar refractivity (Wildman–Crippen MR) is 111 cm³/mol. The van der Waals surface area contributed by atoms with Crippen molar-refractivity contribution in [2.75, 3.05) is 13.2 Å². The largest absolute Gasteiger partial charge is 0.489 e. The van der Waals surface area contributed by atoms with E-state index in [9.17, 15) is 26.3 Å². The summed E-state index contributed by atoms with van der Waals surface area (Å²) >= 11 is 0. The lowest BCUT2D eigenvalue weighted by Gasteiger charge is -2.14. The van der Waals surface area contributed by atoms with E-state index in [0.717, 1.165) is 43.7 Å². The third-order valence-electron chi connectivity index (χ3n) is 5.24.